The Morgan fingerprint density at radius 1 is 1.45 bits per heavy atom. The molecule has 1 rings (SSSR count). The number of rotatable bonds is 7. The first-order valence-corrected chi connectivity index (χ1v) is 7.21. The summed E-state index contributed by atoms with van der Waals surface area (Å²) in [4.78, 5) is 8.47. The van der Waals surface area contributed by atoms with E-state index in [1.54, 1.807) is 13.2 Å². The first kappa shape index (κ1) is 16.3. The summed E-state index contributed by atoms with van der Waals surface area (Å²) in [7, 11) is 1.76. The molecule has 0 amide bonds. The zero-order valence-corrected chi connectivity index (χ0v) is 12.9. The second-order valence-corrected chi connectivity index (χ2v) is 4.89. The van der Waals surface area contributed by atoms with E-state index in [9.17, 15) is 0 Å². The monoisotopic (exact) mass is 278 g/mol. The zero-order valence-electron chi connectivity index (χ0n) is 12.9. The second kappa shape index (κ2) is 9.18. The van der Waals surface area contributed by atoms with E-state index in [0.29, 0.717) is 25.1 Å². The fourth-order valence-electron chi connectivity index (χ4n) is 1.65. The van der Waals surface area contributed by atoms with Gasteiger partial charge in [0.1, 0.15) is 0 Å². The third-order valence-electron chi connectivity index (χ3n) is 2.68. The number of aromatic nitrogens is 1. The third-order valence-corrected chi connectivity index (χ3v) is 2.68. The molecule has 0 fully saturated rings. The molecule has 112 valence electrons. The van der Waals surface area contributed by atoms with Gasteiger partial charge in [0, 0.05) is 31.4 Å². The van der Waals surface area contributed by atoms with Gasteiger partial charge in [0.2, 0.25) is 5.88 Å². The lowest BCUT2D eigenvalue weighted by molar-refractivity contribution is 0.294. The SMILES string of the molecule is CCCCOc1ncccc1CNC(=NC)NC(C)C. The van der Waals surface area contributed by atoms with Gasteiger partial charge < -0.3 is 15.4 Å². The van der Waals surface area contributed by atoms with E-state index in [1.165, 1.54) is 0 Å². The van der Waals surface area contributed by atoms with Crippen LogP contribution in [0.15, 0.2) is 23.3 Å². The van der Waals surface area contributed by atoms with Crippen LogP contribution in [0.1, 0.15) is 39.2 Å². The molecule has 0 aliphatic heterocycles. The Balaban J connectivity index is 2.58. The van der Waals surface area contributed by atoms with Crippen LogP contribution in [-0.2, 0) is 6.54 Å². The van der Waals surface area contributed by atoms with Gasteiger partial charge in [-0.1, -0.05) is 19.4 Å². The van der Waals surface area contributed by atoms with Crippen LogP contribution in [0.4, 0.5) is 0 Å². The predicted molar refractivity (Wildman–Crippen MR) is 83.1 cm³/mol. The molecule has 5 nitrogen and oxygen atoms in total. The molecule has 1 aromatic heterocycles. The molecule has 0 saturated carbocycles. The number of ether oxygens (including phenoxy) is 1. The molecule has 1 aromatic rings. The van der Waals surface area contributed by atoms with E-state index in [-0.39, 0.29) is 0 Å². The Bertz CT molecular complexity index is 418. The van der Waals surface area contributed by atoms with Crippen molar-refractivity contribution in [1.82, 2.24) is 15.6 Å². The minimum Gasteiger partial charge on any atom is -0.477 e. The molecule has 20 heavy (non-hydrogen) atoms. The number of hydrogen-bond donors (Lipinski definition) is 2. The van der Waals surface area contributed by atoms with E-state index >= 15 is 0 Å². The van der Waals surface area contributed by atoms with Crippen molar-refractivity contribution in [1.29, 1.82) is 0 Å². The van der Waals surface area contributed by atoms with Crippen LogP contribution in [0.3, 0.4) is 0 Å². The lowest BCUT2D eigenvalue weighted by atomic mass is 10.2. The van der Waals surface area contributed by atoms with E-state index < -0.39 is 0 Å². The second-order valence-electron chi connectivity index (χ2n) is 4.89. The number of unbranched alkanes of at least 4 members (excludes halogenated alkanes) is 1. The quantitative estimate of drug-likeness (QED) is 0.456. The van der Waals surface area contributed by atoms with Crippen LogP contribution < -0.4 is 15.4 Å². The molecule has 5 heteroatoms. The Morgan fingerprint density at radius 3 is 2.90 bits per heavy atom. The van der Waals surface area contributed by atoms with Crippen LogP contribution in [-0.4, -0.2) is 30.6 Å². The van der Waals surface area contributed by atoms with Crippen LogP contribution >= 0.6 is 0 Å². The smallest absolute Gasteiger partial charge is 0.218 e. The number of aliphatic imine (C=N–C) groups is 1. The highest BCUT2D eigenvalue weighted by molar-refractivity contribution is 5.79. The molecule has 2 N–H and O–H groups in total. The number of nitrogens with one attached hydrogen (secondary N) is 2. The normalized spacial score (nSPS) is 11.6. The van der Waals surface area contributed by atoms with E-state index in [1.807, 2.05) is 12.1 Å². The molecule has 0 bridgehead atoms. The number of hydrogen-bond acceptors (Lipinski definition) is 3. The van der Waals surface area contributed by atoms with Gasteiger partial charge in [0.15, 0.2) is 5.96 Å². The van der Waals surface area contributed by atoms with Crippen molar-refractivity contribution in [3.63, 3.8) is 0 Å². The molecule has 0 aliphatic carbocycles. The van der Waals surface area contributed by atoms with E-state index in [0.717, 1.165) is 24.4 Å². The summed E-state index contributed by atoms with van der Waals surface area (Å²) >= 11 is 0. The summed E-state index contributed by atoms with van der Waals surface area (Å²) in [6, 6.07) is 4.28. The standard InChI is InChI=1S/C15H26N4O/c1-5-6-10-20-14-13(8-7-9-17-14)11-18-15(16-4)19-12(2)3/h7-9,12H,5-6,10-11H2,1-4H3,(H2,16,18,19). The van der Waals surface area contributed by atoms with Crippen molar-refractivity contribution in [3.05, 3.63) is 23.9 Å². The third kappa shape index (κ3) is 5.91. The molecule has 0 radical (unpaired) electrons. The van der Waals surface area contributed by atoms with Gasteiger partial charge in [-0.05, 0) is 26.3 Å². The van der Waals surface area contributed by atoms with Crippen LogP contribution in [0.2, 0.25) is 0 Å². The van der Waals surface area contributed by atoms with Crippen LogP contribution in [0.25, 0.3) is 0 Å². The first-order valence-electron chi connectivity index (χ1n) is 7.21. The van der Waals surface area contributed by atoms with Crippen molar-refractivity contribution in [2.45, 2.75) is 46.2 Å². The minimum absolute atomic E-state index is 0.343. The van der Waals surface area contributed by atoms with Gasteiger partial charge in [0.05, 0.1) is 6.61 Å². The molecule has 0 saturated heterocycles. The summed E-state index contributed by atoms with van der Waals surface area (Å²) in [5, 5.41) is 6.52. The zero-order chi connectivity index (χ0) is 14.8. The summed E-state index contributed by atoms with van der Waals surface area (Å²) in [6.45, 7) is 7.65. The Morgan fingerprint density at radius 2 is 2.25 bits per heavy atom. The van der Waals surface area contributed by atoms with Crippen molar-refractivity contribution in [2.75, 3.05) is 13.7 Å². The molecule has 1 heterocycles. The predicted octanol–water partition coefficient (Wildman–Crippen LogP) is 2.33. The average Bonchev–Trinajstić information content (AvgIpc) is 2.44. The first-order chi connectivity index (χ1) is 9.67. The fourth-order valence-corrected chi connectivity index (χ4v) is 1.65. The Hall–Kier alpha value is -1.78. The number of guanidine groups is 1. The summed E-state index contributed by atoms with van der Waals surface area (Å²) < 4.78 is 5.71. The van der Waals surface area contributed by atoms with Gasteiger partial charge in [-0.15, -0.1) is 0 Å². The number of nitrogens with zero attached hydrogens (tertiary/aromatic N) is 2. The summed E-state index contributed by atoms with van der Waals surface area (Å²) in [6.07, 6.45) is 3.91. The van der Waals surface area contributed by atoms with Crippen molar-refractivity contribution >= 4 is 5.96 Å². The van der Waals surface area contributed by atoms with E-state index in [2.05, 4.69) is 41.4 Å². The largest absolute Gasteiger partial charge is 0.477 e. The topological polar surface area (TPSA) is 58.5 Å². The number of pyridine rings is 1. The lowest BCUT2D eigenvalue weighted by Gasteiger charge is -2.15. The van der Waals surface area contributed by atoms with Crippen LogP contribution in [0.5, 0.6) is 5.88 Å². The average molecular weight is 278 g/mol. The maximum Gasteiger partial charge on any atom is 0.218 e. The molecule has 0 unspecified atom stereocenters. The molecular weight excluding hydrogens is 252 g/mol. The highest BCUT2D eigenvalue weighted by Gasteiger charge is 2.06. The van der Waals surface area contributed by atoms with Gasteiger partial charge in [-0.2, -0.15) is 0 Å². The molecule has 0 aromatic carbocycles. The summed E-state index contributed by atoms with van der Waals surface area (Å²) in [5.74, 6) is 1.48. The van der Waals surface area contributed by atoms with Crippen LogP contribution in [0, 0.1) is 0 Å². The van der Waals surface area contributed by atoms with Crippen molar-refractivity contribution in [3.8, 4) is 5.88 Å². The Kier molecular flexibility index (Phi) is 7.47. The minimum atomic E-state index is 0.343. The summed E-state index contributed by atoms with van der Waals surface area (Å²) in [5.41, 5.74) is 1.04. The Labute approximate surface area is 121 Å². The molecule has 0 spiro atoms. The van der Waals surface area contributed by atoms with Gasteiger partial charge >= 0.3 is 0 Å². The molecular formula is C15H26N4O. The maximum absolute atomic E-state index is 5.71. The fraction of sp³-hybridized carbons (Fsp3) is 0.600. The highest BCUT2D eigenvalue weighted by atomic mass is 16.5. The van der Waals surface area contributed by atoms with E-state index in [4.69, 9.17) is 4.74 Å². The van der Waals surface area contributed by atoms with Crippen molar-refractivity contribution in [2.24, 2.45) is 4.99 Å². The highest BCUT2D eigenvalue weighted by Crippen LogP contribution is 2.14. The van der Waals surface area contributed by atoms with Gasteiger partial charge in [0.25, 0.3) is 0 Å². The van der Waals surface area contributed by atoms with Gasteiger partial charge in [-0.3, -0.25) is 4.99 Å². The van der Waals surface area contributed by atoms with Gasteiger partial charge in [-0.25, -0.2) is 4.98 Å². The molecule has 0 aliphatic rings. The molecule has 0 atom stereocenters. The van der Waals surface area contributed by atoms with Crippen molar-refractivity contribution < 1.29 is 4.74 Å². The maximum atomic E-state index is 5.71. The lowest BCUT2D eigenvalue weighted by Crippen LogP contribution is -2.40.